The molecule has 1 amide bonds. The van der Waals surface area contributed by atoms with E-state index in [4.69, 9.17) is 4.74 Å². The molecule has 1 aromatic heterocycles. The monoisotopic (exact) mass is 347 g/mol. The fourth-order valence-corrected chi connectivity index (χ4v) is 3.42. The maximum atomic E-state index is 11.9. The van der Waals surface area contributed by atoms with Crippen molar-refractivity contribution in [2.75, 3.05) is 50.8 Å². The molecule has 3 rings (SSSR count). The Morgan fingerprint density at radius 1 is 1.32 bits per heavy atom. The van der Waals surface area contributed by atoms with E-state index in [0.717, 1.165) is 63.1 Å². The van der Waals surface area contributed by atoms with Gasteiger partial charge in [0, 0.05) is 50.8 Å². The molecule has 2 aliphatic rings. The number of hydrogen-bond donors (Lipinski definition) is 1. The quantitative estimate of drug-likeness (QED) is 0.855. The van der Waals surface area contributed by atoms with Gasteiger partial charge in [0.15, 0.2) is 0 Å². The van der Waals surface area contributed by atoms with Crippen LogP contribution in [0.25, 0.3) is 0 Å². The lowest BCUT2D eigenvalue weighted by molar-refractivity contribution is -0.122. The molecule has 2 saturated heterocycles. The number of carbonyl (C=O) groups excluding carboxylic acids is 1. The highest BCUT2D eigenvalue weighted by Crippen LogP contribution is 2.26. The van der Waals surface area contributed by atoms with Crippen LogP contribution in [0.15, 0.2) is 6.07 Å². The summed E-state index contributed by atoms with van der Waals surface area (Å²) in [7, 11) is 0. The number of carbonyl (C=O) groups is 1. The van der Waals surface area contributed by atoms with Gasteiger partial charge in [0.2, 0.25) is 5.91 Å². The largest absolute Gasteiger partial charge is 0.381 e. The first-order valence-corrected chi connectivity index (χ1v) is 9.21. The summed E-state index contributed by atoms with van der Waals surface area (Å²) in [4.78, 5) is 25.7. The van der Waals surface area contributed by atoms with Crippen molar-refractivity contribution in [3.8, 4) is 0 Å². The second-order valence-corrected chi connectivity index (χ2v) is 7.24. The second-order valence-electron chi connectivity index (χ2n) is 7.24. The van der Waals surface area contributed by atoms with Crippen LogP contribution < -0.4 is 10.2 Å². The standard InChI is InChI=1S/C18H29N5O2/c1-13(2)19-18(24)11-22-5-7-23(8-6-22)17-10-16(20-14(3)21-17)15-4-9-25-12-15/h10,13,15H,4-9,11-12H2,1-3H3,(H,19,24)/t15-/m1/s1. The summed E-state index contributed by atoms with van der Waals surface area (Å²) in [6.07, 6.45) is 1.04. The van der Waals surface area contributed by atoms with Gasteiger partial charge in [-0.3, -0.25) is 9.69 Å². The summed E-state index contributed by atoms with van der Waals surface area (Å²) in [6.45, 7) is 11.5. The predicted octanol–water partition coefficient (Wildman–Crippen LogP) is 0.936. The summed E-state index contributed by atoms with van der Waals surface area (Å²) in [5, 5.41) is 2.95. The number of amides is 1. The molecule has 1 N–H and O–H groups in total. The third-order valence-corrected chi connectivity index (χ3v) is 4.71. The van der Waals surface area contributed by atoms with Crippen LogP contribution in [0.1, 0.15) is 37.7 Å². The van der Waals surface area contributed by atoms with Gasteiger partial charge in [0.05, 0.1) is 18.8 Å². The molecule has 2 aliphatic heterocycles. The highest BCUT2D eigenvalue weighted by atomic mass is 16.5. The number of piperazine rings is 1. The van der Waals surface area contributed by atoms with E-state index in [2.05, 4.69) is 31.2 Å². The number of nitrogens with zero attached hydrogens (tertiary/aromatic N) is 4. The van der Waals surface area contributed by atoms with Gasteiger partial charge in [-0.2, -0.15) is 0 Å². The molecule has 0 spiro atoms. The van der Waals surface area contributed by atoms with Crippen LogP contribution in [0.5, 0.6) is 0 Å². The Labute approximate surface area is 149 Å². The van der Waals surface area contributed by atoms with Crippen molar-refractivity contribution in [3.05, 3.63) is 17.6 Å². The molecule has 0 aromatic carbocycles. The van der Waals surface area contributed by atoms with Crippen molar-refractivity contribution in [2.24, 2.45) is 0 Å². The van der Waals surface area contributed by atoms with E-state index in [-0.39, 0.29) is 11.9 Å². The topological polar surface area (TPSA) is 70.6 Å². The van der Waals surface area contributed by atoms with Crippen LogP contribution in [0, 0.1) is 6.92 Å². The Morgan fingerprint density at radius 3 is 2.72 bits per heavy atom. The number of aromatic nitrogens is 2. The molecular formula is C18H29N5O2. The molecule has 25 heavy (non-hydrogen) atoms. The van der Waals surface area contributed by atoms with E-state index in [1.807, 2.05) is 20.8 Å². The van der Waals surface area contributed by atoms with Crippen LogP contribution >= 0.6 is 0 Å². The second kappa shape index (κ2) is 8.10. The molecule has 7 heteroatoms. The third kappa shape index (κ3) is 4.89. The molecule has 7 nitrogen and oxygen atoms in total. The van der Waals surface area contributed by atoms with Gasteiger partial charge in [-0.25, -0.2) is 9.97 Å². The Hall–Kier alpha value is -1.73. The summed E-state index contributed by atoms with van der Waals surface area (Å²) >= 11 is 0. The predicted molar refractivity (Wildman–Crippen MR) is 96.9 cm³/mol. The molecule has 0 saturated carbocycles. The number of ether oxygens (including phenoxy) is 1. The molecule has 3 heterocycles. The van der Waals surface area contributed by atoms with Crippen LogP contribution in [0.3, 0.4) is 0 Å². The Balaban J connectivity index is 1.58. The van der Waals surface area contributed by atoms with Crippen molar-refractivity contribution >= 4 is 11.7 Å². The summed E-state index contributed by atoms with van der Waals surface area (Å²) in [5.41, 5.74) is 1.10. The number of anilines is 1. The van der Waals surface area contributed by atoms with Crippen molar-refractivity contribution in [1.82, 2.24) is 20.2 Å². The number of nitrogens with one attached hydrogen (secondary N) is 1. The molecular weight excluding hydrogens is 318 g/mol. The zero-order valence-corrected chi connectivity index (χ0v) is 15.5. The zero-order chi connectivity index (χ0) is 17.8. The lowest BCUT2D eigenvalue weighted by Gasteiger charge is -2.35. The Bertz CT molecular complexity index is 593. The van der Waals surface area contributed by atoms with Crippen LogP contribution in [0.2, 0.25) is 0 Å². The first-order chi connectivity index (χ1) is 12.0. The van der Waals surface area contributed by atoms with Crippen molar-refractivity contribution < 1.29 is 9.53 Å². The lowest BCUT2D eigenvalue weighted by atomic mass is 10.0. The fourth-order valence-electron chi connectivity index (χ4n) is 3.42. The Morgan fingerprint density at radius 2 is 2.08 bits per heavy atom. The molecule has 0 aliphatic carbocycles. The molecule has 138 valence electrons. The summed E-state index contributed by atoms with van der Waals surface area (Å²) < 4.78 is 5.50. The maximum absolute atomic E-state index is 11.9. The fraction of sp³-hybridized carbons (Fsp3) is 0.722. The minimum atomic E-state index is 0.102. The van der Waals surface area contributed by atoms with Gasteiger partial charge in [-0.1, -0.05) is 0 Å². The minimum Gasteiger partial charge on any atom is -0.381 e. The van der Waals surface area contributed by atoms with Gasteiger partial charge in [-0.05, 0) is 27.2 Å². The number of rotatable bonds is 5. The molecule has 1 atom stereocenters. The molecule has 2 fully saturated rings. The molecule has 0 radical (unpaired) electrons. The number of hydrogen-bond acceptors (Lipinski definition) is 6. The first-order valence-electron chi connectivity index (χ1n) is 9.21. The third-order valence-electron chi connectivity index (χ3n) is 4.71. The first kappa shape index (κ1) is 18.1. The van der Waals surface area contributed by atoms with Crippen LogP contribution in [0.4, 0.5) is 5.82 Å². The van der Waals surface area contributed by atoms with E-state index in [0.29, 0.717) is 12.5 Å². The summed E-state index contributed by atoms with van der Waals surface area (Å²) in [6, 6.07) is 2.31. The Kier molecular flexibility index (Phi) is 5.86. The van der Waals surface area contributed by atoms with E-state index in [1.165, 1.54) is 0 Å². The van der Waals surface area contributed by atoms with Crippen LogP contribution in [-0.4, -0.2) is 72.8 Å². The van der Waals surface area contributed by atoms with Crippen molar-refractivity contribution in [2.45, 2.75) is 39.2 Å². The van der Waals surface area contributed by atoms with Gasteiger partial charge in [0.25, 0.3) is 0 Å². The van der Waals surface area contributed by atoms with Gasteiger partial charge in [0.1, 0.15) is 11.6 Å². The molecule has 0 unspecified atom stereocenters. The van der Waals surface area contributed by atoms with Gasteiger partial charge < -0.3 is 15.0 Å². The molecule has 1 aromatic rings. The maximum Gasteiger partial charge on any atom is 0.234 e. The highest BCUT2D eigenvalue weighted by Gasteiger charge is 2.24. The van der Waals surface area contributed by atoms with E-state index >= 15 is 0 Å². The van der Waals surface area contributed by atoms with E-state index < -0.39 is 0 Å². The van der Waals surface area contributed by atoms with Crippen molar-refractivity contribution in [1.29, 1.82) is 0 Å². The van der Waals surface area contributed by atoms with E-state index in [9.17, 15) is 4.79 Å². The normalized spacial score (nSPS) is 21.8. The average molecular weight is 347 g/mol. The lowest BCUT2D eigenvalue weighted by Crippen LogP contribution is -2.50. The summed E-state index contributed by atoms with van der Waals surface area (Å²) in [5.74, 6) is 2.31. The van der Waals surface area contributed by atoms with Crippen molar-refractivity contribution in [3.63, 3.8) is 0 Å². The van der Waals surface area contributed by atoms with Gasteiger partial charge in [-0.15, -0.1) is 0 Å². The molecule has 0 bridgehead atoms. The van der Waals surface area contributed by atoms with E-state index in [1.54, 1.807) is 0 Å². The van der Waals surface area contributed by atoms with Crippen LogP contribution in [-0.2, 0) is 9.53 Å². The van der Waals surface area contributed by atoms with Gasteiger partial charge >= 0.3 is 0 Å². The smallest absolute Gasteiger partial charge is 0.234 e. The minimum absolute atomic E-state index is 0.102. The SMILES string of the molecule is Cc1nc([C@@H]2CCOC2)cc(N2CCN(CC(=O)NC(C)C)CC2)n1. The number of aryl methyl sites for hydroxylation is 1. The zero-order valence-electron chi connectivity index (χ0n) is 15.5. The highest BCUT2D eigenvalue weighted by molar-refractivity contribution is 5.78. The average Bonchev–Trinajstić information content (AvgIpc) is 3.08.